The fraction of sp³-hybridized carbons (Fsp3) is 0.500. The van der Waals surface area contributed by atoms with E-state index in [0.29, 0.717) is 18.0 Å². The van der Waals surface area contributed by atoms with Crippen LogP contribution in [-0.4, -0.2) is 17.3 Å². The average Bonchev–Trinajstić information content (AvgIpc) is 2.41. The molecule has 19 heavy (non-hydrogen) atoms. The van der Waals surface area contributed by atoms with Crippen molar-refractivity contribution in [3.63, 3.8) is 0 Å². The summed E-state index contributed by atoms with van der Waals surface area (Å²) in [6.45, 7) is 3.76. The number of hydrogen-bond acceptors (Lipinski definition) is 2. The van der Waals surface area contributed by atoms with Crippen LogP contribution in [0.3, 0.4) is 0 Å². The smallest absolute Gasteiger partial charge is 0.127 e. The second-order valence-corrected chi connectivity index (χ2v) is 5.27. The van der Waals surface area contributed by atoms with E-state index in [9.17, 15) is 9.50 Å². The molecule has 1 atom stereocenters. The second-order valence-electron chi connectivity index (χ2n) is 5.27. The molecule has 0 saturated heterocycles. The average molecular weight is 263 g/mol. The van der Waals surface area contributed by atoms with Gasteiger partial charge in [0.05, 0.1) is 6.10 Å². The third-order valence-corrected chi connectivity index (χ3v) is 3.82. The van der Waals surface area contributed by atoms with Crippen molar-refractivity contribution < 1.29 is 9.50 Å². The number of aliphatic hydroxyl groups excluding tert-OH is 1. The fourth-order valence-corrected chi connectivity index (χ4v) is 2.74. The van der Waals surface area contributed by atoms with Gasteiger partial charge in [0.25, 0.3) is 0 Å². The number of nitrogens with one attached hydrogen (secondary N) is 1. The summed E-state index contributed by atoms with van der Waals surface area (Å²) in [5, 5.41) is 13.0. The highest BCUT2D eigenvalue weighted by Crippen LogP contribution is 2.25. The van der Waals surface area contributed by atoms with E-state index in [1.165, 1.54) is 6.07 Å². The Kier molecular flexibility index (Phi) is 5.11. The lowest BCUT2D eigenvalue weighted by molar-refractivity contribution is 0.114. The Balaban J connectivity index is 2.04. The van der Waals surface area contributed by atoms with Gasteiger partial charge >= 0.3 is 0 Å². The van der Waals surface area contributed by atoms with Gasteiger partial charge in [0.15, 0.2) is 0 Å². The highest BCUT2D eigenvalue weighted by Gasteiger charge is 2.23. The van der Waals surface area contributed by atoms with Crippen molar-refractivity contribution in [3.8, 4) is 0 Å². The van der Waals surface area contributed by atoms with Crippen LogP contribution in [0, 0.1) is 5.82 Å². The Hall–Kier alpha value is -1.19. The van der Waals surface area contributed by atoms with Gasteiger partial charge in [0.1, 0.15) is 5.82 Å². The van der Waals surface area contributed by atoms with Gasteiger partial charge in [-0.1, -0.05) is 24.3 Å². The van der Waals surface area contributed by atoms with Crippen LogP contribution < -0.4 is 5.32 Å². The van der Waals surface area contributed by atoms with E-state index >= 15 is 0 Å². The summed E-state index contributed by atoms with van der Waals surface area (Å²) >= 11 is 0. The summed E-state index contributed by atoms with van der Waals surface area (Å²) in [6, 6.07) is 7.22. The third-order valence-electron chi connectivity index (χ3n) is 3.82. The normalized spacial score (nSPS) is 24.9. The highest BCUT2D eigenvalue weighted by molar-refractivity contribution is 5.22. The molecule has 0 amide bonds. The van der Waals surface area contributed by atoms with E-state index < -0.39 is 0 Å². The minimum atomic E-state index is -0.169. The molecule has 0 radical (unpaired) electrons. The molecule has 2 nitrogen and oxygen atoms in total. The molecule has 1 aliphatic rings. The van der Waals surface area contributed by atoms with Gasteiger partial charge in [0.2, 0.25) is 0 Å². The highest BCUT2D eigenvalue weighted by atomic mass is 19.1. The number of hydrogen-bond donors (Lipinski definition) is 2. The monoisotopic (exact) mass is 263 g/mol. The van der Waals surface area contributed by atoms with Crippen LogP contribution in [0.5, 0.6) is 0 Å². The Morgan fingerprint density at radius 3 is 2.63 bits per heavy atom. The van der Waals surface area contributed by atoms with Crippen molar-refractivity contribution in [1.82, 2.24) is 5.32 Å². The topological polar surface area (TPSA) is 32.3 Å². The lowest BCUT2D eigenvalue weighted by Gasteiger charge is -2.30. The first-order valence-corrected chi connectivity index (χ1v) is 7.00. The molecule has 0 heterocycles. The van der Waals surface area contributed by atoms with Gasteiger partial charge in [0, 0.05) is 17.6 Å². The van der Waals surface area contributed by atoms with Gasteiger partial charge in [-0.25, -0.2) is 4.39 Å². The maximum atomic E-state index is 13.9. The Bertz CT molecular complexity index is 413. The molecule has 104 valence electrons. The Morgan fingerprint density at radius 1 is 1.32 bits per heavy atom. The van der Waals surface area contributed by atoms with Crippen LogP contribution in [0.15, 0.2) is 36.9 Å². The van der Waals surface area contributed by atoms with Crippen LogP contribution in [0.4, 0.5) is 4.39 Å². The van der Waals surface area contributed by atoms with Crippen molar-refractivity contribution >= 4 is 0 Å². The summed E-state index contributed by atoms with van der Waals surface area (Å²) in [5.41, 5.74) is 0.702. The molecule has 1 aliphatic carbocycles. The van der Waals surface area contributed by atoms with Crippen LogP contribution in [0.25, 0.3) is 0 Å². The molecule has 0 aliphatic heterocycles. The van der Waals surface area contributed by atoms with E-state index in [0.717, 1.165) is 25.7 Å². The molecule has 1 unspecified atom stereocenters. The van der Waals surface area contributed by atoms with Crippen molar-refractivity contribution in [3.05, 3.63) is 48.3 Å². The zero-order valence-corrected chi connectivity index (χ0v) is 11.2. The van der Waals surface area contributed by atoms with Crippen LogP contribution in [0.2, 0.25) is 0 Å². The molecular weight excluding hydrogens is 241 g/mol. The van der Waals surface area contributed by atoms with Crippen LogP contribution >= 0.6 is 0 Å². The number of halogens is 1. The van der Waals surface area contributed by atoms with E-state index in [2.05, 4.69) is 11.9 Å². The lowest BCUT2D eigenvalue weighted by atomic mass is 9.91. The van der Waals surface area contributed by atoms with Crippen LogP contribution in [-0.2, 0) is 0 Å². The Morgan fingerprint density at radius 2 is 2.00 bits per heavy atom. The minimum absolute atomic E-state index is 0.0288. The van der Waals surface area contributed by atoms with Gasteiger partial charge in [-0.2, -0.15) is 0 Å². The number of aliphatic hydroxyl groups is 1. The van der Waals surface area contributed by atoms with Crippen molar-refractivity contribution in [2.45, 2.75) is 50.3 Å². The molecular formula is C16H22FNO. The maximum absolute atomic E-state index is 13.9. The SMILES string of the molecule is C=CCC(NC1CCC(O)CC1)c1ccccc1F. The quantitative estimate of drug-likeness (QED) is 0.799. The molecule has 0 aromatic heterocycles. The number of benzene rings is 1. The summed E-state index contributed by atoms with van der Waals surface area (Å²) in [4.78, 5) is 0. The van der Waals surface area contributed by atoms with Gasteiger partial charge < -0.3 is 10.4 Å². The first-order chi connectivity index (χ1) is 9.20. The van der Waals surface area contributed by atoms with Crippen molar-refractivity contribution in [2.75, 3.05) is 0 Å². The van der Waals surface area contributed by atoms with E-state index in [4.69, 9.17) is 0 Å². The standard InChI is InChI=1S/C16H22FNO/c1-2-5-16(14-6-3-4-7-15(14)17)18-12-8-10-13(19)11-9-12/h2-4,6-7,12-13,16,18-19H,1,5,8-11H2. The first kappa shape index (κ1) is 14.2. The summed E-state index contributed by atoms with van der Waals surface area (Å²) in [6.07, 6.45) is 5.92. The van der Waals surface area contributed by atoms with Gasteiger partial charge in [-0.15, -0.1) is 6.58 Å². The molecule has 1 saturated carbocycles. The molecule has 0 bridgehead atoms. The largest absolute Gasteiger partial charge is 0.393 e. The summed E-state index contributed by atoms with van der Waals surface area (Å²) < 4.78 is 13.9. The van der Waals surface area contributed by atoms with E-state index in [1.54, 1.807) is 6.07 Å². The molecule has 3 heteroatoms. The molecule has 0 spiro atoms. The fourth-order valence-electron chi connectivity index (χ4n) is 2.74. The van der Waals surface area contributed by atoms with E-state index in [-0.39, 0.29) is 18.0 Å². The lowest BCUT2D eigenvalue weighted by Crippen LogP contribution is -2.37. The summed E-state index contributed by atoms with van der Waals surface area (Å²) in [5.74, 6) is -0.169. The number of rotatable bonds is 5. The van der Waals surface area contributed by atoms with Gasteiger partial charge in [-0.3, -0.25) is 0 Å². The molecule has 2 rings (SSSR count). The molecule has 1 fully saturated rings. The molecule has 2 N–H and O–H groups in total. The molecule has 1 aromatic rings. The first-order valence-electron chi connectivity index (χ1n) is 7.00. The van der Waals surface area contributed by atoms with Crippen LogP contribution in [0.1, 0.15) is 43.7 Å². The van der Waals surface area contributed by atoms with Crippen molar-refractivity contribution in [1.29, 1.82) is 0 Å². The third kappa shape index (κ3) is 3.88. The maximum Gasteiger partial charge on any atom is 0.127 e. The zero-order chi connectivity index (χ0) is 13.7. The van der Waals surface area contributed by atoms with Gasteiger partial charge in [-0.05, 0) is 38.2 Å². The Labute approximate surface area is 114 Å². The second kappa shape index (κ2) is 6.83. The minimum Gasteiger partial charge on any atom is -0.393 e. The summed E-state index contributed by atoms with van der Waals surface area (Å²) in [7, 11) is 0. The predicted octanol–water partition coefficient (Wildman–Crippen LogP) is 3.34. The molecule has 1 aromatic carbocycles. The van der Waals surface area contributed by atoms with E-state index in [1.807, 2.05) is 18.2 Å². The van der Waals surface area contributed by atoms with Crippen molar-refractivity contribution in [2.24, 2.45) is 0 Å². The zero-order valence-electron chi connectivity index (χ0n) is 11.2. The predicted molar refractivity (Wildman–Crippen MR) is 75.4 cm³/mol.